The maximum atomic E-state index is 11.2. The first kappa shape index (κ1) is 12.4. The highest BCUT2D eigenvalue weighted by molar-refractivity contribution is 7.85. The van der Waals surface area contributed by atoms with E-state index < -0.39 is 10.8 Å². The van der Waals surface area contributed by atoms with Gasteiger partial charge in [0.1, 0.15) is 0 Å². The van der Waals surface area contributed by atoms with Crippen LogP contribution in [0.5, 0.6) is 0 Å². The van der Waals surface area contributed by atoms with Crippen LogP contribution in [0.25, 0.3) is 6.08 Å². The molecule has 1 atom stereocenters. The van der Waals surface area contributed by atoms with Gasteiger partial charge in [-0.1, -0.05) is 35.9 Å². The van der Waals surface area contributed by atoms with Crippen LogP contribution in [0.3, 0.4) is 0 Å². The molecule has 82 valence electrons. The number of nitrogens with two attached hydrogens (primary N) is 1. The van der Waals surface area contributed by atoms with E-state index in [9.17, 15) is 4.21 Å². The fourth-order valence-electron chi connectivity index (χ4n) is 1.08. The van der Waals surface area contributed by atoms with Crippen LogP contribution in [0.1, 0.15) is 5.56 Å². The lowest BCUT2D eigenvalue weighted by Gasteiger charge is -1.95. The van der Waals surface area contributed by atoms with E-state index in [0.717, 1.165) is 10.6 Å². The maximum absolute atomic E-state index is 11.2. The van der Waals surface area contributed by atoms with Crippen LogP contribution in [0.15, 0.2) is 30.3 Å². The molecule has 0 saturated carbocycles. The summed E-state index contributed by atoms with van der Waals surface area (Å²) < 4.78 is 11.2. The molecule has 0 fully saturated rings. The molecule has 2 N–H and O–H groups in total. The summed E-state index contributed by atoms with van der Waals surface area (Å²) in [6.45, 7) is 0.474. The molecule has 1 aromatic rings. The van der Waals surface area contributed by atoms with Crippen LogP contribution in [0.4, 0.5) is 0 Å². The molecule has 0 aromatic heterocycles. The molecule has 0 radical (unpaired) electrons. The van der Waals surface area contributed by atoms with Gasteiger partial charge < -0.3 is 5.73 Å². The summed E-state index contributed by atoms with van der Waals surface area (Å²) in [5.74, 6) is 1.12. The van der Waals surface area contributed by atoms with Gasteiger partial charge in [-0.05, 0) is 17.7 Å². The number of benzene rings is 1. The molecule has 0 amide bonds. The SMILES string of the molecule is NCCS(=O)C/C=C/c1ccc(Cl)cc1. The summed E-state index contributed by atoms with van der Waals surface area (Å²) in [7, 11) is -0.836. The molecule has 0 aliphatic rings. The zero-order chi connectivity index (χ0) is 11.1. The van der Waals surface area contributed by atoms with Crippen molar-refractivity contribution in [1.82, 2.24) is 0 Å². The van der Waals surface area contributed by atoms with E-state index in [-0.39, 0.29) is 0 Å². The molecule has 4 heteroatoms. The molecule has 0 spiro atoms. The van der Waals surface area contributed by atoms with Gasteiger partial charge in [-0.25, -0.2) is 0 Å². The van der Waals surface area contributed by atoms with E-state index in [1.54, 1.807) is 0 Å². The molecule has 1 rings (SSSR count). The third-order valence-electron chi connectivity index (χ3n) is 1.81. The van der Waals surface area contributed by atoms with E-state index in [1.165, 1.54) is 0 Å². The Morgan fingerprint density at radius 2 is 2.00 bits per heavy atom. The fourth-order valence-corrected chi connectivity index (χ4v) is 1.95. The second kappa shape index (κ2) is 6.77. The molecule has 1 unspecified atom stereocenters. The van der Waals surface area contributed by atoms with E-state index in [2.05, 4.69) is 0 Å². The van der Waals surface area contributed by atoms with Crippen molar-refractivity contribution in [3.63, 3.8) is 0 Å². The molecule has 1 aromatic carbocycles. The smallest absolute Gasteiger partial charge is 0.0419 e. The number of halogens is 1. The fraction of sp³-hybridized carbons (Fsp3) is 0.273. The van der Waals surface area contributed by atoms with E-state index in [1.807, 2.05) is 36.4 Å². The predicted molar refractivity (Wildman–Crippen MR) is 67.4 cm³/mol. The minimum Gasteiger partial charge on any atom is -0.330 e. The van der Waals surface area contributed by atoms with E-state index >= 15 is 0 Å². The molecule has 0 saturated heterocycles. The van der Waals surface area contributed by atoms with Crippen molar-refractivity contribution in [2.45, 2.75) is 0 Å². The molecule has 2 nitrogen and oxygen atoms in total. The van der Waals surface area contributed by atoms with Crippen LogP contribution < -0.4 is 5.73 Å². The van der Waals surface area contributed by atoms with Crippen molar-refractivity contribution in [3.05, 3.63) is 40.9 Å². The Hall–Kier alpha value is -0.640. The molecule has 0 aliphatic heterocycles. The Morgan fingerprint density at radius 1 is 1.33 bits per heavy atom. The Morgan fingerprint density at radius 3 is 2.60 bits per heavy atom. The van der Waals surface area contributed by atoms with Crippen molar-refractivity contribution in [2.75, 3.05) is 18.1 Å². The van der Waals surface area contributed by atoms with Crippen molar-refractivity contribution in [2.24, 2.45) is 5.73 Å². The zero-order valence-corrected chi connectivity index (χ0v) is 9.93. The molecule has 0 bridgehead atoms. The minimum absolute atomic E-state index is 0.474. The first-order valence-corrected chi connectivity index (χ1v) is 6.56. The summed E-state index contributed by atoms with van der Waals surface area (Å²) in [5, 5.41) is 0.721. The van der Waals surface area contributed by atoms with Crippen molar-refractivity contribution >= 4 is 28.5 Å². The lowest BCUT2D eigenvalue weighted by molar-refractivity contribution is 0.684. The minimum atomic E-state index is -0.836. The third-order valence-corrected chi connectivity index (χ3v) is 3.32. The Bertz CT molecular complexity index is 348. The summed E-state index contributed by atoms with van der Waals surface area (Å²) in [6, 6.07) is 7.51. The normalized spacial score (nSPS) is 13.2. The van der Waals surface area contributed by atoms with Gasteiger partial charge in [0.05, 0.1) is 0 Å². The van der Waals surface area contributed by atoms with Crippen LogP contribution in [-0.4, -0.2) is 22.3 Å². The first-order valence-electron chi connectivity index (χ1n) is 4.69. The highest BCUT2D eigenvalue weighted by Gasteiger charge is 1.93. The Labute approximate surface area is 97.6 Å². The van der Waals surface area contributed by atoms with Crippen molar-refractivity contribution in [3.8, 4) is 0 Å². The highest BCUT2D eigenvalue weighted by Crippen LogP contribution is 2.10. The van der Waals surface area contributed by atoms with Gasteiger partial charge in [0.25, 0.3) is 0 Å². The quantitative estimate of drug-likeness (QED) is 0.860. The topological polar surface area (TPSA) is 43.1 Å². The highest BCUT2D eigenvalue weighted by atomic mass is 35.5. The third kappa shape index (κ3) is 5.11. The lowest BCUT2D eigenvalue weighted by Crippen LogP contribution is -2.11. The largest absolute Gasteiger partial charge is 0.330 e. The molecule has 0 heterocycles. The average molecular weight is 244 g/mol. The number of hydrogen-bond donors (Lipinski definition) is 1. The first-order chi connectivity index (χ1) is 7.22. The predicted octanol–water partition coefficient (Wildman–Crippen LogP) is 2.06. The molecular formula is C11H14ClNOS. The van der Waals surface area contributed by atoms with Gasteiger partial charge >= 0.3 is 0 Å². The zero-order valence-electron chi connectivity index (χ0n) is 8.36. The summed E-state index contributed by atoms with van der Waals surface area (Å²) >= 11 is 5.75. The van der Waals surface area contributed by atoms with Gasteiger partial charge in [-0.3, -0.25) is 4.21 Å². The van der Waals surface area contributed by atoms with E-state index in [4.69, 9.17) is 17.3 Å². The van der Waals surface area contributed by atoms with Crippen molar-refractivity contribution < 1.29 is 4.21 Å². The Kier molecular flexibility index (Phi) is 5.61. The van der Waals surface area contributed by atoms with Gasteiger partial charge in [-0.15, -0.1) is 0 Å². The van der Waals surface area contributed by atoms with Crippen molar-refractivity contribution in [1.29, 1.82) is 0 Å². The summed E-state index contributed by atoms with van der Waals surface area (Å²) in [6.07, 6.45) is 3.83. The van der Waals surface area contributed by atoms with Crippen LogP contribution in [0.2, 0.25) is 5.02 Å². The second-order valence-electron chi connectivity index (χ2n) is 3.05. The van der Waals surface area contributed by atoms with Crippen LogP contribution >= 0.6 is 11.6 Å². The Balaban J connectivity index is 2.44. The van der Waals surface area contributed by atoms with Gasteiger partial charge in [0.2, 0.25) is 0 Å². The van der Waals surface area contributed by atoms with Gasteiger partial charge in [0, 0.05) is 33.9 Å². The standard InChI is InChI=1S/C11H14ClNOS/c12-11-5-3-10(4-6-11)2-1-8-15(14)9-7-13/h1-6H,7-9,13H2/b2-1+. The van der Waals surface area contributed by atoms with E-state index in [0.29, 0.717) is 18.1 Å². The average Bonchev–Trinajstić information content (AvgIpc) is 2.21. The lowest BCUT2D eigenvalue weighted by atomic mass is 10.2. The summed E-state index contributed by atoms with van der Waals surface area (Å²) in [5.41, 5.74) is 6.36. The monoisotopic (exact) mass is 243 g/mol. The van der Waals surface area contributed by atoms with Crippen LogP contribution in [-0.2, 0) is 10.8 Å². The molecular weight excluding hydrogens is 230 g/mol. The van der Waals surface area contributed by atoms with Gasteiger partial charge in [0.15, 0.2) is 0 Å². The molecule has 0 aliphatic carbocycles. The van der Waals surface area contributed by atoms with Gasteiger partial charge in [-0.2, -0.15) is 0 Å². The number of rotatable bonds is 5. The molecule has 15 heavy (non-hydrogen) atoms. The maximum Gasteiger partial charge on any atom is 0.0419 e. The van der Waals surface area contributed by atoms with Crippen LogP contribution in [0, 0.1) is 0 Å². The second-order valence-corrected chi connectivity index (χ2v) is 5.11. The number of hydrogen-bond acceptors (Lipinski definition) is 2. The summed E-state index contributed by atoms with van der Waals surface area (Å²) in [4.78, 5) is 0.